The topological polar surface area (TPSA) is 74.6 Å². The molecule has 3 aromatic rings. The van der Waals surface area contributed by atoms with Gasteiger partial charge in [0.15, 0.2) is 5.66 Å². The van der Waals surface area contributed by atoms with Gasteiger partial charge in [-0.1, -0.05) is 54.6 Å². The standard InChI is InChI=1S/C22H19O4P/c23-21(24)16-20(22(25)26)27(17-10-4-1-5-11-17,18-12-6-2-7-13-18)19-14-8-3-9-15-19/h1-15,20H,16H2,(H-,23,24,25,26)/p+1. The largest absolute Gasteiger partial charge is 0.481 e. The second-order valence-corrected chi connectivity index (χ2v) is 9.80. The highest BCUT2D eigenvalue weighted by Gasteiger charge is 2.56. The van der Waals surface area contributed by atoms with Crippen molar-refractivity contribution in [2.24, 2.45) is 0 Å². The normalized spacial score (nSPS) is 12.3. The molecule has 1 unspecified atom stereocenters. The predicted molar refractivity (Wildman–Crippen MR) is 109 cm³/mol. The van der Waals surface area contributed by atoms with Crippen LogP contribution in [0.5, 0.6) is 0 Å². The number of hydrogen-bond donors (Lipinski definition) is 2. The molecule has 0 aromatic heterocycles. The van der Waals surface area contributed by atoms with Crippen molar-refractivity contribution in [2.75, 3.05) is 0 Å². The van der Waals surface area contributed by atoms with E-state index in [1.54, 1.807) is 0 Å². The number of rotatable bonds is 7. The van der Waals surface area contributed by atoms with E-state index in [0.717, 1.165) is 15.9 Å². The fraction of sp³-hybridized carbons (Fsp3) is 0.0909. The smallest absolute Gasteiger partial charge is 0.346 e. The monoisotopic (exact) mass is 379 g/mol. The van der Waals surface area contributed by atoms with Crippen LogP contribution in [0.3, 0.4) is 0 Å². The van der Waals surface area contributed by atoms with Crippen LogP contribution in [0.25, 0.3) is 0 Å². The van der Waals surface area contributed by atoms with Gasteiger partial charge in [-0.3, -0.25) is 4.79 Å². The molecule has 0 saturated carbocycles. The number of aliphatic carboxylic acids is 2. The van der Waals surface area contributed by atoms with Crippen molar-refractivity contribution in [3.8, 4) is 0 Å². The third-order valence-electron chi connectivity index (χ3n) is 4.61. The van der Waals surface area contributed by atoms with Crippen LogP contribution in [-0.2, 0) is 9.59 Å². The van der Waals surface area contributed by atoms with E-state index < -0.39 is 31.3 Å². The molecule has 0 radical (unpaired) electrons. The van der Waals surface area contributed by atoms with E-state index >= 15 is 0 Å². The number of carboxylic acids is 2. The Morgan fingerprint density at radius 1 is 0.667 bits per heavy atom. The van der Waals surface area contributed by atoms with E-state index in [-0.39, 0.29) is 0 Å². The van der Waals surface area contributed by atoms with Crippen LogP contribution in [0, 0.1) is 0 Å². The lowest BCUT2D eigenvalue weighted by atomic mass is 10.3. The Morgan fingerprint density at radius 2 is 1.00 bits per heavy atom. The first-order chi connectivity index (χ1) is 13.1. The first kappa shape index (κ1) is 18.8. The summed E-state index contributed by atoms with van der Waals surface area (Å²) in [6.07, 6.45) is -0.443. The van der Waals surface area contributed by atoms with E-state index in [9.17, 15) is 19.8 Å². The van der Waals surface area contributed by atoms with Gasteiger partial charge in [-0.2, -0.15) is 0 Å². The van der Waals surface area contributed by atoms with Gasteiger partial charge in [-0.05, 0) is 36.4 Å². The minimum atomic E-state index is -2.75. The Bertz CT molecular complexity index is 814. The van der Waals surface area contributed by atoms with Crippen molar-refractivity contribution in [1.29, 1.82) is 0 Å². The molecule has 0 bridgehead atoms. The third kappa shape index (κ3) is 3.62. The molecule has 0 fully saturated rings. The van der Waals surface area contributed by atoms with Crippen molar-refractivity contribution in [1.82, 2.24) is 0 Å². The van der Waals surface area contributed by atoms with E-state index in [1.807, 2.05) is 91.0 Å². The molecule has 3 aromatic carbocycles. The van der Waals surface area contributed by atoms with Crippen LogP contribution < -0.4 is 15.9 Å². The molecule has 0 aliphatic carbocycles. The number of benzene rings is 3. The third-order valence-corrected chi connectivity index (χ3v) is 9.29. The van der Waals surface area contributed by atoms with E-state index in [2.05, 4.69) is 0 Å². The minimum absolute atomic E-state index is 0.443. The Hall–Kier alpha value is -2.97. The molecule has 0 heterocycles. The fourth-order valence-electron chi connectivity index (χ4n) is 3.53. The van der Waals surface area contributed by atoms with Crippen LogP contribution in [0.2, 0.25) is 0 Å². The molecule has 0 aliphatic heterocycles. The summed E-state index contributed by atoms with van der Waals surface area (Å²) in [6.45, 7) is 0. The Balaban J connectivity index is 2.42. The maximum absolute atomic E-state index is 12.4. The lowest BCUT2D eigenvalue weighted by Gasteiger charge is -2.31. The van der Waals surface area contributed by atoms with Gasteiger partial charge < -0.3 is 10.2 Å². The van der Waals surface area contributed by atoms with Gasteiger partial charge >= 0.3 is 11.9 Å². The summed E-state index contributed by atoms with van der Waals surface area (Å²) in [6, 6.07) is 28.3. The first-order valence-electron chi connectivity index (χ1n) is 8.57. The van der Waals surface area contributed by atoms with Crippen molar-refractivity contribution in [3.05, 3.63) is 91.0 Å². The van der Waals surface area contributed by atoms with Crippen LogP contribution in [0.15, 0.2) is 91.0 Å². The second kappa shape index (κ2) is 8.15. The maximum Gasteiger partial charge on any atom is 0.346 e. The summed E-state index contributed by atoms with van der Waals surface area (Å²) in [5.74, 6) is -2.21. The molecule has 0 amide bonds. The summed E-state index contributed by atoms with van der Waals surface area (Å²) >= 11 is 0. The summed E-state index contributed by atoms with van der Waals surface area (Å²) in [5.41, 5.74) is -1.07. The average Bonchev–Trinajstić information content (AvgIpc) is 2.70. The van der Waals surface area contributed by atoms with Gasteiger partial charge in [-0.25, -0.2) is 4.79 Å². The Morgan fingerprint density at radius 3 is 1.26 bits per heavy atom. The van der Waals surface area contributed by atoms with Crippen LogP contribution in [-0.4, -0.2) is 27.8 Å². The fourth-order valence-corrected chi connectivity index (χ4v) is 8.19. The summed E-state index contributed by atoms with van der Waals surface area (Å²) in [4.78, 5) is 24.0. The Kier molecular flexibility index (Phi) is 5.68. The average molecular weight is 379 g/mol. The van der Waals surface area contributed by atoms with Gasteiger partial charge in [0.25, 0.3) is 0 Å². The van der Waals surface area contributed by atoms with Gasteiger partial charge in [0.1, 0.15) is 23.2 Å². The molecule has 27 heavy (non-hydrogen) atoms. The maximum atomic E-state index is 12.4. The highest BCUT2D eigenvalue weighted by molar-refractivity contribution is 7.96. The van der Waals surface area contributed by atoms with E-state index in [0.29, 0.717) is 0 Å². The lowest BCUT2D eigenvalue weighted by Crippen LogP contribution is -2.43. The van der Waals surface area contributed by atoms with Gasteiger partial charge in [0, 0.05) is 0 Å². The molecule has 0 aliphatic rings. The molecule has 2 N–H and O–H groups in total. The highest BCUT2D eigenvalue weighted by Crippen LogP contribution is 2.60. The molecular weight excluding hydrogens is 359 g/mol. The molecule has 0 spiro atoms. The molecule has 3 rings (SSSR count). The molecule has 1 atom stereocenters. The van der Waals surface area contributed by atoms with Crippen molar-refractivity contribution in [2.45, 2.75) is 12.1 Å². The molecule has 4 nitrogen and oxygen atoms in total. The number of carboxylic acid groups (broad SMARTS) is 2. The van der Waals surface area contributed by atoms with Crippen molar-refractivity contribution in [3.63, 3.8) is 0 Å². The first-order valence-corrected chi connectivity index (χ1v) is 10.4. The van der Waals surface area contributed by atoms with E-state index in [4.69, 9.17) is 0 Å². The zero-order chi connectivity index (χ0) is 19.3. The predicted octanol–water partition coefficient (Wildman–Crippen LogP) is 2.91. The number of carbonyl (C=O) groups is 2. The summed E-state index contributed by atoms with van der Waals surface area (Å²) in [7, 11) is -2.75. The Labute approximate surface area is 158 Å². The van der Waals surface area contributed by atoms with Crippen LogP contribution >= 0.6 is 7.26 Å². The van der Waals surface area contributed by atoms with E-state index in [1.165, 1.54) is 0 Å². The minimum Gasteiger partial charge on any atom is -0.481 e. The summed E-state index contributed by atoms with van der Waals surface area (Å²) < 4.78 is 0. The van der Waals surface area contributed by atoms with Crippen LogP contribution in [0.4, 0.5) is 0 Å². The molecule has 0 saturated heterocycles. The quantitative estimate of drug-likeness (QED) is 0.619. The molecule has 136 valence electrons. The second-order valence-electron chi connectivity index (χ2n) is 6.18. The van der Waals surface area contributed by atoms with Gasteiger partial charge in [-0.15, -0.1) is 0 Å². The summed E-state index contributed by atoms with van der Waals surface area (Å²) in [5, 5.41) is 22.2. The molecular formula is C22H20O4P+. The zero-order valence-corrected chi connectivity index (χ0v) is 15.5. The SMILES string of the molecule is O=C(O)CC(C(=O)O)[P+](c1ccccc1)(c1ccccc1)c1ccccc1. The lowest BCUT2D eigenvalue weighted by molar-refractivity contribution is -0.143. The van der Waals surface area contributed by atoms with Crippen LogP contribution in [0.1, 0.15) is 6.42 Å². The number of hydrogen-bond acceptors (Lipinski definition) is 2. The zero-order valence-electron chi connectivity index (χ0n) is 14.6. The highest BCUT2D eigenvalue weighted by atomic mass is 31.2. The van der Waals surface area contributed by atoms with Crippen molar-refractivity contribution >= 4 is 35.1 Å². The van der Waals surface area contributed by atoms with Gasteiger partial charge in [0.05, 0.1) is 6.42 Å². The van der Waals surface area contributed by atoms with Crippen molar-refractivity contribution < 1.29 is 19.8 Å². The van der Waals surface area contributed by atoms with Gasteiger partial charge in [0.2, 0.25) is 0 Å². The molecule has 5 heteroatoms.